The number of imidazole rings is 1. The molecule has 5 nitrogen and oxygen atoms in total. The molecule has 2 heterocycles. The van der Waals surface area contributed by atoms with Gasteiger partial charge in [0.05, 0.1) is 23.7 Å². The van der Waals surface area contributed by atoms with Crippen molar-refractivity contribution < 1.29 is 9.50 Å². The topological polar surface area (TPSA) is 60.0 Å². The lowest BCUT2D eigenvalue weighted by molar-refractivity contribution is 0.117. The van der Waals surface area contributed by atoms with Crippen molar-refractivity contribution in [1.82, 2.24) is 14.1 Å². The van der Waals surface area contributed by atoms with Gasteiger partial charge < -0.3 is 14.2 Å². The fraction of sp³-hybridized carbons (Fsp3) is 0.111. The van der Waals surface area contributed by atoms with Gasteiger partial charge >= 0.3 is 0 Å². The number of benzene rings is 3. The van der Waals surface area contributed by atoms with Crippen molar-refractivity contribution in [1.29, 1.82) is 0 Å². The predicted octanol–water partition coefficient (Wildman–Crippen LogP) is 5.02. The Labute approximate surface area is 200 Å². The summed E-state index contributed by atoms with van der Waals surface area (Å²) in [6, 6.07) is 20.0. The Morgan fingerprint density at radius 2 is 1.71 bits per heavy atom. The molecule has 5 aromatic rings. The summed E-state index contributed by atoms with van der Waals surface area (Å²) < 4.78 is 17.3. The molecule has 0 amide bonds. The molecule has 0 spiro atoms. The normalized spacial score (nSPS) is 13.2. The van der Waals surface area contributed by atoms with Gasteiger partial charge in [0.2, 0.25) is 0 Å². The first-order chi connectivity index (χ1) is 16.3. The molecule has 2 aromatic heterocycles. The SMILES string of the molecule is Cn1cncc1C(O)(c1ccc(Cl)cc1)c1ccc2c(c1)c(-c1cccc(F)c1)cc(=O)n2C. The number of aryl methyl sites for hydroxylation is 2. The summed E-state index contributed by atoms with van der Waals surface area (Å²) in [6.45, 7) is 0. The minimum Gasteiger partial charge on any atom is -0.374 e. The van der Waals surface area contributed by atoms with Crippen LogP contribution in [0.25, 0.3) is 22.0 Å². The molecule has 0 radical (unpaired) electrons. The van der Waals surface area contributed by atoms with Gasteiger partial charge in [0, 0.05) is 30.6 Å². The van der Waals surface area contributed by atoms with Gasteiger partial charge in [0.15, 0.2) is 5.60 Å². The van der Waals surface area contributed by atoms with Crippen LogP contribution in [0.15, 0.2) is 90.1 Å². The second-order valence-corrected chi connectivity index (χ2v) is 8.74. The van der Waals surface area contributed by atoms with Crippen LogP contribution in [0.3, 0.4) is 0 Å². The summed E-state index contributed by atoms with van der Waals surface area (Å²) in [5.41, 5.74) is 1.81. The number of aromatic nitrogens is 3. The Balaban J connectivity index is 1.84. The highest BCUT2D eigenvalue weighted by atomic mass is 35.5. The van der Waals surface area contributed by atoms with E-state index in [2.05, 4.69) is 4.98 Å². The second-order valence-electron chi connectivity index (χ2n) is 8.30. The van der Waals surface area contributed by atoms with Crippen LogP contribution in [-0.4, -0.2) is 19.2 Å². The summed E-state index contributed by atoms with van der Waals surface area (Å²) in [7, 11) is 3.50. The number of fused-ring (bicyclic) bond motifs is 1. The van der Waals surface area contributed by atoms with E-state index in [1.54, 1.807) is 72.7 Å². The lowest BCUT2D eigenvalue weighted by Gasteiger charge is -2.30. The van der Waals surface area contributed by atoms with Crippen LogP contribution in [-0.2, 0) is 19.7 Å². The zero-order valence-electron chi connectivity index (χ0n) is 18.5. The molecule has 7 heteroatoms. The second kappa shape index (κ2) is 8.24. The molecular formula is C27H21ClFN3O2. The highest BCUT2D eigenvalue weighted by molar-refractivity contribution is 6.30. The Hall–Kier alpha value is -3.74. The molecule has 0 bridgehead atoms. The number of hydrogen-bond donors (Lipinski definition) is 1. The maximum absolute atomic E-state index is 14.0. The molecule has 0 aliphatic carbocycles. The summed E-state index contributed by atoms with van der Waals surface area (Å²) >= 11 is 6.11. The third kappa shape index (κ3) is 3.52. The summed E-state index contributed by atoms with van der Waals surface area (Å²) in [6.07, 6.45) is 3.24. The van der Waals surface area contributed by atoms with Crippen LogP contribution in [0.4, 0.5) is 4.39 Å². The molecule has 0 aliphatic heterocycles. The predicted molar refractivity (Wildman–Crippen MR) is 131 cm³/mol. The van der Waals surface area contributed by atoms with E-state index < -0.39 is 11.4 Å². The Bertz CT molecular complexity index is 1590. The van der Waals surface area contributed by atoms with E-state index in [0.717, 1.165) is 0 Å². The maximum Gasteiger partial charge on any atom is 0.251 e. The first kappa shape index (κ1) is 22.1. The number of halogens is 2. The third-order valence-corrected chi connectivity index (χ3v) is 6.50. The molecule has 34 heavy (non-hydrogen) atoms. The van der Waals surface area contributed by atoms with Gasteiger partial charge in [0.1, 0.15) is 5.82 Å². The van der Waals surface area contributed by atoms with E-state index in [1.165, 1.54) is 22.8 Å². The van der Waals surface area contributed by atoms with Gasteiger partial charge in [-0.2, -0.15) is 0 Å². The molecule has 170 valence electrons. The summed E-state index contributed by atoms with van der Waals surface area (Å²) in [4.78, 5) is 16.9. The molecule has 0 fully saturated rings. The highest BCUT2D eigenvalue weighted by Gasteiger charge is 2.37. The van der Waals surface area contributed by atoms with Crippen LogP contribution in [0.1, 0.15) is 16.8 Å². The van der Waals surface area contributed by atoms with Gasteiger partial charge in [-0.1, -0.05) is 41.9 Å². The highest BCUT2D eigenvalue weighted by Crippen LogP contribution is 2.39. The Morgan fingerprint density at radius 1 is 0.971 bits per heavy atom. The van der Waals surface area contributed by atoms with E-state index >= 15 is 0 Å². The van der Waals surface area contributed by atoms with Crippen molar-refractivity contribution >= 4 is 22.5 Å². The monoisotopic (exact) mass is 473 g/mol. The quantitative estimate of drug-likeness (QED) is 0.399. The van der Waals surface area contributed by atoms with Gasteiger partial charge in [-0.25, -0.2) is 9.37 Å². The van der Waals surface area contributed by atoms with Crippen LogP contribution in [0.2, 0.25) is 5.02 Å². The molecule has 0 aliphatic rings. The number of hydrogen-bond acceptors (Lipinski definition) is 3. The van der Waals surface area contributed by atoms with Crippen LogP contribution in [0.5, 0.6) is 0 Å². The van der Waals surface area contributed by atoms with Crippen molar-refractivity contribution in [2.24, 2.45) is 14.1 Å². The van der Waals surface area contributed by atoms with Crippen LogP contribution in [0, 0.1) is 5.82 Å². The van der Waals surface area contributed by atoms with Crippen molar-refractivity contribution in [3.63, 3.8) is 0 Å². The van der Waals surface area contributed by atoms with Crippen molar-refractivity contribution in [3.8, 4) is 11.1 Å². The van der Waals surface area contributed by atoms with Gasteiger partial charge in [-0.15, -0.1) is 0 Å². The fourth-order valence-electron chi connectivity index (χ4n) is 4.44. The molecule has 1 unspecified atom stereocenters. The zero-order valence-corrected chi connectivity index (χ0v) is 19.3. The van der Waals surface area contributed by atoms with Crippen LogP contribution < -0.4 is 5.56 Å². The number of aliphatic hydroxyl groups is 1. The molecule has 1 N–H and O–H groups in total. The van der Waals surface area contributed by atoms with Crippen LogP contribution >= 0.6 is 11.6 Å². The van der Waals surface area contributed by atoms with E-state index in [0.29, 0.717) is 43.9 Å². The molecular weight excluding hydrogens is 453 g/mol. The van der Waals surface area contributed by atoms with E-state index in [1.807, 2.05) is 13.1 Å². The first-order valence-electron chi connectivity index (χ1n) is 10.6. The molecule has 0 saturated heterocycles. The molecule has 5 rings (SSSR count). The average molecular weight is 474 g/mol. The fourth-order valence-corrected chi connectivity index (χ4v) is 4.57. The van der Waals surface area contributed by atoms with Crippen molar-refractivity contribution in [2.45, 2.75) is 5.60 Å². The Morgan fingerprint density at radius 3 is 2.38 bits per heavy atom. The molecule has 0 saturated carbocycles. The standard InChI is InChI=1S/C27H21ClFN3O2/c1-31-16-30-15-25(31)27(34,18-6-9-20(28)10-7-18)19-8-11-24-23(13-19)22(14-26(33)32(24)2)17-4-3-5-21(29)12-17/h3-16,34H,1-2H3. The smallest absolute Gasteiger partial charge is 0.251 e. The zero-order chi connectivity index (χ0) is 24.0. The first-order valence-corrected chi connectivity index (χ1v) is 11.0. The minimum absolute atomic E-state index is 0.209. The summed E-state index contributed by atoms with van der Waals surface area (Å²) in [5.74, 6) is -0.393. The van der Waals surface area contributed by atoms with Gasteiger partial charge in [-0.05, 0) is 58.7 Å². The lowest BCUT2D eigenvalue weighted by atomic mass is 9.82. The number of nitrogens with zero attached hydrogens (tertiary/aromatic N) is 3. The van der Waals surface area contributed by atoms with Crippen molar-refractivity contribution in [3.05, 3.63) is 123 Å². The molecule has 1 atom stereocenters. The van der Waals surface area contributed by atoms with Crippen molar-refractivity contribution in [2.75, 3.05) is 0 Å². The molecule has 3 aromatic carbocycles. The van der Waals surface area contributed by atoms with E-state index in [4.69, 9.17) is 11.6 Å². The number of pyridine rings is 1. The lowest BCUT2D eigenvalue weighted by Crippen LogP contribution is -2.31. The van der Waals surface area contributed by atoms with Gasteiger partial charge in [-0.3, -0.25) is 4.79 Å². The van der Waals surface area contributed by atoms with E-state index in [-0.39, 0.29) is 5.56 Å². The summed E-state index contributed by atoms with van der Waals surface area (Å²) in [5, 5.41) is 13.5. The number of rotatable bonds is 4. The minimum atomic E-state index is -1.56. The largest absolute Gasteiger partial charge is 0.374 e. The van der Waals surface area contributed by atoms with Gasteiger partial charge in [0.25, 0.3) is 5.56 Å². The maximum atomic E-state index is 14.0. The Kier molecular flexibility index (Phi) is 5.35. The third-order valence-electron chi connectivity index (χ3n) is 6.25. The average Bonchev–Trinajstić information content (AvgIpc) is 3.27. The van der Waals surface area contributed by atoms with E-state index in [9.17, 15) is 14.3 Å².